The van der Waals surface area contributed by atoms with Crippen LogP contribution in [0.2, 0.25) is 0 Å². The predicted octanol–water partition coefficient (Wildman–Crippen LogP) is -5.24. The Hall–Kier alpha value is -1.55. The van der Waals surface area contributed by atoms with Gasteiger partial charge in [0.25, 0.3) is 0 Å². The summed E-state index contributed by atoms with van der Waals surface area (Å²) in [5, 5.41) is 66.0. The van der Waals surface area contributed by atoms with Gasteiger partial charge >= 0.3 is 0 Å². The topological polar surface area (TPSA) is 281 Å². The number of hydrogen-bond acceptors (Lipinski definition) is 16. The fourth-order valence-corrected chi connectivity index (χ4v) is 6.61. The third kappa shape index (κ3) is 9.32. The lowest BCUT2D eigenvalue weighted by Crippen LogP contribution is -2.69. The van der Waals surface area contributed by atoms with Crippen LogP contribution < -0.4 is 38.5 Å². The van der Waals surface area contributed by atoms with E-state index < -0.39 is 84.4 Å². The molecular weight excluding hydrogens is 606 g/mol. The van der Waals surface area contributed by atoms with Gasteiger partial charge in [-0.3, -0.25) is 4.79 Å². The summed E-state index contributed by atoms with van der Waals surface area (Å²) in [6, 6.07) is -3.04. The summed E-state index contributed by atoms with van der Waals surface area (Å²) in [7, 11) is 1.59. The molecule has 4 aliphatic rings. The summed E-state index contributed by atoms with van der Waals surface area (Å²) in [5.41, 5.74) is 15.7. The van der Waals surface area contributed by atoms with E-state index in [4.69, 9.17) is 36.1 Å². The first-order valence-electron chi connectivity index (χ1n) is 16.1. The number of likely N-dealkylation sites (N-methyl/N-ethyl adjacent to an activating group) is 1. The minimum absolute atomic E-state index is 0.107. The summed E-state index contributed by atoms with van der Waals surface area (Å²) in [6.07, 6.45) is -4.79. The van der Waals surface area contributed by atoms with Gasteiger partial charge in [0.05, 0.1) is 49.4 Å². The zero-order valence-corrected chi connectivity index (χ0v) is 26.7. The molecule has 0 radical (unpaired) electrons. The second-order valence-electron chi connectivity index (χ2n) is 13.3. The highest BCUT2D eigenvalue weighted by Crippen LogP contribution is 2.32. The van der Waals surface area contributed by atoms with Gasteiger partial charge in [0.15, 0.2) is 6.29 Å². The zero-order chi connectivity index (χ0) is 33.6. The van der Waals surface area contributed by atoms with Gasteiger partial charge in [-0.15, -0.1) is 0 Å². The number of aliphatic hydroxyl groups is 5. The Balaban J connectivity index is 1.46. The molecule has 2 unspecified atom stereocenters. The molecule has 15 N–H and O–H groups in total. The molecule has 1 saturated carbocycles. The molecule has 266 valence electrons. The molecule has 2 saturated heterocycles. The molecule has 17 nitrogen and oxygen atoms in total. The summed E-state index contributed by atoms with van der Waals surface area (Å²) in [4.78, 5) is 13.1. The van der Waals surface area contributed by atoms with Crippen molar-refractivity contribution < 1.29 is 49.3 Å². The monoisotopic (exact) mass is 661 g/mol. The Morgan fingerprint density at radius 3 is 2.59 bits per heavy atom. The molecule has 1 amide bonds. The summed E-state index contributed by atoms with van der Waals surface area (Å²) < 4.78 is 24.1. The molecule has 13 atom stereocenters. The Labute approximate surface area is 269 Å². The van der Waals surface area contributed by atoms with E-state index in [2.05, 4.69) is 21.3 Å². The fraction of sp³-hybridized carbons (Fsp3) is 0.897. The lowest BCUT2D eigenvalue weighted by atomic mass is 9.83. The molecule has 3 aliphatic heterocycles. The predicted molar refractivity (Wildman–Crippen MR) is 165 cm³/mol. The lowest BCUT2D eigenvalue weighted by Gasteiger charge is -2.49. The summed E-state index contributed by atoms with van der Waals surface area (Å²) in [6.45, 7) is 3.21. The van der Waals surface area contributed by atoms with E-state index in [1.165, 1.54) is 6.92 Å². The van der Waals surface area contributed by atoms with Gasteiger partial charge in [0.2, 0.25) is 12.2 Å². The molecule has 0 spiro atoms. The Morgan fingerprint density at radius 2 is 1.91 bits per heavy atom. The second-order valence-corrected chi connectivity index (χ2v) is 13.3. The van der Waals surface area contributed by atoms with Crippen LogP contribution >= 0.6 is 0 Å². The summed E-state index contributed by atoms with van der Waals surface area (Å²) in [5.74, 6) is 0.0906. The Kier molecular flexibility index (Phi) is 13.2. The molecule has 4 rings (SSSR count). The van der Waals surface area contributed by atoms with Crippen molar-refractivity contribution in [2.24, 2.45) is 17.2 Å². The van der Waals surface area contributed by atoms with E-state index in [0.717, 1.165) is 0 Å². The van der Waals surface area contributed by atoms with Crippen LogP contribution in [0.4, 0.5) is 0 Å². The largest absolute Gasteiger partial charge is 0.467 e. The average molecular weight is 662 g/mol. The molecular formula is C29H55N7O10. The number of aliphatic hydroxyl groups excluding tert-OH is 3. The first kappa shape index (κ1) is 37.3. The number of β-amino-alcohol motifs (C(OH)–C–C–N with tert-alkyl or cyclic N) is 1. The number of amides is 1. The van der Waals surface area contributed by atoms with Crippen LogP contribution in [0.15, 0.2) is 11.8 Å². The highest BCUT2D eigenvalue weighted by Gasteiger charge is 2.52. The van der Waals surface area contributed by atoms with Crippen LogP contribution in [0.3, 0.4) is 0 Å². The van der Waals surface area contributed by atoms with Gasteiger partial charge in [-0.1, -0.05) is 0 Å². The minimum atomic E-state index is -1.44. The maximum Gasteiger partial charge on any atom is 0.223 e. The van der Waals surface area contributed by atoms with E-state index in [1.54, 1.807) is 7.05 Å². The van der Waals surface area contributed by atoms with E-state index >= 15 is 0 Å². The molecule has 46 heavy (non-hydrogen) atoms. The second kappa shape index (κ2) is 16.2. The highest BCUT2D eigenvalue weighted by molar-refractivity contribution is 5.77. The number of hydrogen-bond donors (Lipinski definition) is 12. The lowest BCUT2D eigenvalue weighted by molar-refractivity contribution is -0.304. The van der Waals surface area contributed by atoms with Crippen molar-refractivity contribution in [1.82, 2.24) is 21.3 Å². The van der Waals surface area contributed by atoms with Gasteiger partial charge < -0.3 is 82.9 Å². The maximum absolute atomic E-state index is 13.1. The number of carbonyl (C=O) groups excluding carboxylic acids is 1. The quantitative estimate of drug-likeness (QED) is 0.0828. The van der Waals surface area contributed by atoms with E-state index in [-0.39, 0.29) is 26.0 Å². The van der Waals surface area contributed by atoms with Crippen molar-refractivity contribution in [1.29, 1.82) is 0 Å². The number of carbonyl (C=O) groups is 1. The molecule has 0 aromatic carbocycles. The van der Waals surface area contributed by atoms with Crippen LogP contribution in [0.25, 0.3) is 0 Å². The molecule has 3 heterocycles. The van der Waals surface area contributed by atoms with E-state index in [9.17, 15) is 30.3 Å². The third-order valence-electron chi connectivity index (χ3n) is 9.21. The fourth-order valence-electron chi connectivity index (χ4n) is 6.61. The zero-order valence-electron chi connectivity index (χ0n) is 26.7. The highest BCUT2D eigenvalue weighted by atomic mass is 16.7. The maximum atomic E-state index is 13.1. The minimum Gasteiger partial charge on any atom is -0.467 e. The van der Waals surface area contributed by atoms with Crippen molar-refractivity contribution in [2.75, 3.05) is 46.4 Å². The first-order chi connectivity index (χ1) is 21.8. The molecule has 0 aromatic rings. The standard InChI is InChI=1S/C29H55N7O10/c1-28(41)14-43-27(22(40)25(28)33-2)46-24-19(36-20(38)10-29(42)6-8-34-13-29)9-18(32)23(21(24)39)45-26-17(31)4-3-16(44-26)12-35-11-15(37)5-7-30/h3,15,17-19,21-27,33-35,37,39-42H,4-14,30-32H2,1-2H3,(H,36,38)/t15?,17-,18+,19-,21+,22-,23-,24+,25-,26-,27-,28+,29?/m1/s1. The van der Waals surface area contributed by atoms with E-state index in [0.29, 0.717) is 51.2 Å². The molecule has 0 bridgehead atoms. The molecule has 17 heteroatoms. The number of ether oxygens (including phenoxy) is 4. The Morgan fingerprint density at radius 1 is 1.17 bits per heavy atom. The van der Waals surface area contributed by atoms with E-state index in [1.807, 2.05) is 6.08 Å². The van der Waals surface area contributed by atoms with Crippen molar-refractivity contribution >= 4 is 5.91 Å². The number of nitrogens with two attached hydrogens (primary N) is 3. The van der Waals surface area contributed by atoms with Crippen molar-refractivity contribution in [3.05, 3.63) is 11.8 Å². The smallest absolute Gasteiger partial charge is 0.223 e. The molecule has 1 aliphatic carbocycles. The number of nitrogens with one attached hydrogen (secondary N) is 4. The molecule has 3 fully saturated rings. The molecule has 0 aromatic heterocycles. The number of rotatable bonds is 14. The Bertz CT molecular complexity index is 1020. The van der Waals surface area contributed by atoms with Crippen molar-refractivity contribution in [3.8, 4) is 0 Å². The van der Waals surface area contributed by atoms with Gasteiger partial charge in [-0.05, 0) is 58.8 Å². The first-order valence-corrected chi connectivity index (χ1v) is 16.1. The van der Waals surface area contributed by atoms with Crippen LogP contribution in [0.5, 0.6) is 0 Å². The van der Waals surface area contributed by atoms with Crippen LogP contribution in [-0.2, 0) is 23.7 Å². The van der Waals surface area contributed by atoms with Crippen molar-refractivity contribution in [2.45, 2.75) is 117 Å². The van der Waals surface area contributed by atoms with Crippen LogP contribution in [-0.4, -0.2) is 156 Å². The normalized spacial score (nSPS) is 42.3. The third-order valence-corrected chi connectivity index (χ3v) is 9.21. The van der Waals surface area contributed by atoms with Crippen LogP contribution in [0, 0.1) is 0 Å². The van der Waals surface area contributed by atoms with Crippen molar-refractivity contribution in [3.63, 3.8) is 0 Å². The van der Waals surface area contributed by atoms with Gasteiger partial charge in [0, 0.05) is 19.1 Å². The van der Waals surface area contributed by atoms with Crippen LogP contribution in [0.1, 0.15) is 39.0 Å². The average Bonchev–Trinajstić information content (AvgIpc) is 3.41. The summed E-state index contributed by atoms with van der Waals surface area (Å²) >= 11 is 0. The SMILES string of the molecule is CN[C@@H]1[C@@H](O)[C@@H](O[C@@H]2[C@@H](O)[C@H](O[C@H]3OC(CNCC(O)CCN)=CC[C@H]3N)[C@@H](N)C[C@H]2NC(=O)CC2(O)CCNC2)OC[C@]1(C)O. The van der Waals surface area contributed by atoms with Gasteiger partial charge in [0.1, 0.15) is 35.8 Å². The van der Waals surface area contributed by atoms with Gasteiger partial charge in [-0.2, -0.15) is 0 Å². The van der Waals surface area contributed by atoms with Gasteiger partial charge in [-0.25, -0.2) is 0 Å².